The van der Waals surface area contributed by atoms with Gasteiger partial charge in [-0.3, -0.25) is 9.59 Å². The lowest BCUT2D eigenvalue weighted by molar-refractivity contribution is -0.166. The van der Waals surface area contributed by atoms with Gasteiger partial charge in [0.15, 0.2) is 0 Å². The van der Waals surface area contributed by atoms with E-state index in [0.29, 0.717) is 0 Å². The highest BCUT2D eigenvalue weighted by molar-refractivity contribution is 5.73. The molecule has 1 unspecified atom stereocenters. The van der Waals surface area contributed by atoms with E-state index in [1.54, 1.807) is 0 Å². The molecule has 0 N–H and O–H groups in total. The minimum Gasteiger partial charge on any atom is -0.465 e. The molecule has 0 aromatic carbocycles. The third-order valence-corrected chi connectivity index (χ3v) is 4.30. The Balaban J connectivity index is 2.30. The van der Waals surface area contributed by atoms with Crippen LogP contribution in [0.25, 0.3) is 0 Å². The number of ether oxygens (including phenoxy) is 2. The van der Waals surface area contributed by atoms with Crippen LogP contribution >= 0.6 is 0 Å². The van der Waals surface area contributed by atoms with Gasteiger partial charge in [0, 0.05) is 0 Å². The maximum atomic E-state index is 11.9. The summed E-state index contributed by atoms with van der Waals surface area (Å²) in [5.41, 5.74) is -0.268. The van der Waals surface area contributed by atoms with E-state index in [-0.39, 0.29) is 36.5 Å². The smallest absolute Gasteiger partial charge is 0.309 e. The highest BCUT2D eigenvalue weighted by atomic mass is 16.6. The highest BCUT2D eigenvalue weighted by Gasteiger charge is 2.33. The standard InChI is InChI=1S/C16H28O4/c1-4-13(3)15(18)19-12-9-14(17)20-16(5-2)10-7-6-8-11-16/h13H,4-12H2,1-3H3. The van der Waals surface area contributed by atoms with Crippen molar-refractivity contribution in [2.75, 3.05) is 6.61 Å². The van der Waals surface area contributed by atoms with E-state index >= 15 is 0 Å². The topological polar surface area (TPSA) is 52.6 Å². The molecular formula is C16H28O4. The number of hydrogen-bond acceptors (Lipinski definition) is 4. The van der Waals surface area contributed by atoms with E-state index in [2.05, 4.69) is 6.92 Å². The van der Waals surface area contributed by atoms with Gasteiger partial charge < -0.3 is 9.47 Å². The van der Waals surface area contributed by atoms with Gasteiger partial charge in [-0.15, -0.1) is 0 Å². The molecule has 1 aliphatic rings. The summed E-state index contributed by atoms with van der Waals surface area (Å²) in [6.45, 7) is 5.96. The number of hydrogen-bond donors (Lipinski definition) is 0. The zero-order chi connectivity index (χ0) is 15.0. The Kier molecular flexibility index (Phi) is 7.03. The minimum atomic E-state index is -0.268. The molecule has 1 saturated carbocycles. The first kappa shape index (κ1) is 17.0. The van der Waals surface area contributed by atoms with Crippen molar-refractivity contribution in [1.29, 1.82) is 0 Å². The van der Waals surface area contributed by atoms with E-state index in [9.17, 15) is 9.59 Å². The van der Waals surface area contributed by atoms with Gasteiger partial charge in [-0.25, -0.2) is 0 Å². The molecule has 0 radical (unpaired) electrons. The van der Waals surface area contributed by atoms with Crippen LogP contribution in [0.15, 0.2) is 0 Å². The van der Waals surface area contributed by atoms with E-state index < -0.39 is 0 Å². The summed E-state index contributed by atoms with van der Waals surface area (Å²) >= 11 is 0. The summed E-state index contributed by atoms with van der Waals surface area (Å²) in [6, 6.07) is 0. The Hall–Kier alpha value is -1.06. The van der Waals surface area contributed by atoms with Crippen LogP contribution in [0.1, 0.15) is 72.1 Å². The first-order valence-corrected chi connectivity index (χ1v) is 7.91. The molecule has 1 aliphatic carbocycles. The van der Waals surface area contributed by atoms with Crippen LogP contribution in [0.2, 0.25) is 0 Å². The average molecular weight is 284 g/mol. The third kappa shape index (κ3) is 5.14. The van der Waals surface area contributed by atoms with Crippen molar-refractivity contribution in [3.05, 3.63) is 0 Å². The lowest BCUT2D eigenvalue weighted by atomic mass is 9.83. The molecule has 0 aliphatic heterocycles. The molecule has 20 heavy (non-hydrogen) atoms. The fourth-order valence-electron chi connectivity index (χ4n) is 2.56. The summed E-state index contributed by atoms with van der Waals surface area (Å²) in [5.74, 6) is -0.583. The number of carbonyl (C=O) groups excluding carboxylic acids is 2. The predicted octanol–water partition coefficient (Wildman–Crippen LogP) is 3.62. The van der Waals surface area contributed by atoms with Gasteiger partial charge in [0.1, 0.15) is 12.2 Å². The normalized spacial score (nSPS) is 19.1. The van der Waals surface area contributed by atoms with Gasteiger partial charge >= 0.3 is 11.9 Å². The van der Waals surface area contributed by atoms with Gasteiger partial charge in [-0.1, -0.05) is 27.2 Å². The molecule has 116 valence electrons. The van der Waals surface area contributed by atoms with Crippen molar-refractivity contribution in [3.8, 4) is 0 Å². The molecule has 1 atom stereocenters. The minimum absolute atomic E-state index is 0.105. The molecule has 0 aromatic rings. The van der Waals surface area contributed by atoms with Gasteiger partial charge in [-0.05, 0) is 38.5 Å². The molecule has 0 heterocycles. The van der Waals surface area contributed by atoms with Crippen LogP contribution < -0.4 is 0 Å². The van der Waals surface area contributed by atoms with Crippen molar-refractivity contribution in [3.63, 3.8) is 0 Å². The molecular weight excluding hydrogens is 256 g/mol. The lowest BCUT2D eigenvalue weighted by Gasteiger charge is -2.36. The number of carbonyl (C=O) groups is 2. The van der Waals surface area contributed by atoms with E-state index in [4.69, 9.17) is 9.47 Å². The Morgan fingerprint density at radius 3 is 2.35 bits per heavy atom. The third-order valence-electron chi connectivity index (χ3n) is 4.30. The average Bonchev–Trinajstić information content (AvgIpc) is 2.47. The Bertz CT molecular complexity index is 318. The first-order chi connectivity index (χ1) is 9.53. The molecule has 0 saturated heterocycles. The maximum absolute atomic E-state index is 11.9. The molecule has 4 heteroatoms. The van der Waals surface area contributed by atoms with Gasteiger partial charge in [-0.2, -0.15) is 0 Å². The monoisotopic (exact) mass is 284 g/mol. The Labute approximate surface area is 122 Å². The van der Waals surface area contributed by atoms with E-state index in [1.165, 1.54) is 6.42 Å². The summed E-state index contributed by atoms with van der Waals surface area (Å²) < 4.78 is 10.7. The fourth-order valence-corrected chi connectivity index (χ4v) is 2.56. The van der Waals surface area contributed by atoms with Crippen LogP contribution in [0.4, 0.5) is 0 Å². The second-order valence-corrected chi connectivity index (χ2v) is 5.80. The lowest BCUT2D eigenvalue weighted by Crippen LogP contribution is -2.36. The zero-order valence-electron chi connectivity index (χ0n) is 13.1. The second-order valence-electron chi connectivity index (χ2n) is 5.80. The Morgan fingerprint density at radius 1 is 1.15 bits per heavy atom. The van der Waals surface area contributed by atoms with Crippen LogP contribution in [0.5, 0.6) is 0 Å². The molecule has 0 bridgehead atoms. The molecule has 0 spiro atoms. The van der Waals surface area contributed by atoms with Crippen molar-refractivity contribution in [1.82, 2.24) is 0 Å². The van der Waals surface area contributed by atoms with Crippen LogP contribution in [0.3, 0.4) is 0 Å². The first-order valence-electron chi connectivity index (χ1n) is 7.91. The van der Waals surface area contributed by atoms with Crippen LogP contribution in [-0.2, 0) is 19.1 Å². The summed E-state index contributed by atoms with van der Waals surface area (Å²) in [5, 5.41) is 0. The Morgan fingerprint density at radius 2 is 1.80 bits per heavy atom. The van der Waals surface area contributed by atoms with Crippen molar-refractivity contribution in [2.45, 2.75) is 77.7 Å². The van der Waals surface area contributed by atoms with Crippen molar-refractivity contribution >= 4 is 11.9 Å². The SMILES string of the molecule is CCC(C)C(=O)OCCC(=O)OC1(CC)CCCCC1. The molecule has 4 nitrogen and oxygen atoms in total. The predicted molar refractivity (Wildman–Crippen MR) is 77.2 cm³/mol. The van der Waals surface area contributed by atoms with Crippen LogP contribution in [0, 0.1) is 5.92 Å². The fraction of sp³-hybridized carbons (Fsp3) is 0.875. The largest absolute Gasteiger partial charge is 0.465 e. The van der Waals surface area contributed by atoms with E-state index in [1.807, 2.05) is 13.8 Å². The number of rotatable bonds is 7. The van der Waals surface area contributed by atoms with Gasteiger partial charge in [0.05, 0.1) is 12.3 Å². The van der Waals surface area contributed by atoms with E-state index in [0.717, 1.165) is 38.5 Å². The summed E-state index contributed by atoms with van der Waals surface area (Å²) in [7, 11) is 0. The second kappa shape index (κ2) is 8.28. The molecule has 1 fully saturated rings. The van der Waals surface area contributed by atoms with Crippen LogP contribution in [-0.4, -0.2) is 24.1 Å². The number of esters is 2. The summed E-state index contributed by atoms with van der Waals surface area (Å²) in [6.07, 6.45) is 7.18. The van der Waals surface area contributed by atoms with Crippen molar-refractivity contribution in [2.24, 2.45) is 5.92 Å². The zero-order valence-corrected chi connectivity index (χ0v) is 13.1. The van der Waals surface area contributed by atoms with Gasteiger partial charge in [0.2, 0.25) is 0 Å². The summed E-state index contributed by atoms with van der Waals surface area (Å²) in [4.78, 5) is 23.4. The van der Waals surface area contributed by atoms with Crippen molar-refractivity contribution < 1.29 is 19.1 Å². The molecule has 1 rings (SSSR count). The maximum Gasteiger partial charge on any atom is 0.309 e. The van der Waals surface area contributed by atoms with Gasteiger partial charge in [0.25, 0.3) is 0 Å². The quantitative estimate of drug-likeness (QED) is 0.670. The molecule has 0 aromatic heterocycles. The molecule has 0 amide bonds. The highest BCUT2D eigenvalue weighted by Crippen LogP contribution is 2.34.